The first-order valence-electron chi connectivity index (χ1n) is 2.83. The zero-order valence-electron chi connectivity index (χ0n) is 5.06. The molecule has 0 saturated carbocycles. The maximum atomic E-state index is 10.6. The lowest BCUT2D eigenvalue weighted by Gasteiger charge is -1.72. The second kappa shape index (κ2) is 1.70. The number of fused-ring (bicyclic) bond motifs is 1. The summed E-state index contributed by atoms with van der Waals surface area (Å²) in [5.41, 5.74) is 0. The predicted octanol–water partition coefficient (Wildman–Crippen LogP) is -0.853. The standard InChI is InChI=1S/C6H4N3O/c10-9-4-5-1-2-7-3-6(5)8-9/h1-4H/q+1. The molecule has 1 aromatic rings. The molecule has 0 bridgehead atoms. The molecule has 0 spiro atoms. The van der Waals surface area contributed by atoms with E-state index in [0.717, 1.165) is 5.22 Å². The smallest absolute Gasteiger partial charge is 0.262 e. The van der Waals surface area contributed by atoms with Gasteiger partial charge in [0.15, 0.2) is 10.2 Å². The minimum atomic E-state index is 0.534. The highest BCUT2D eigenvalue weighted by molar-refractivity contribution is 5.13. The molecule has 1 aliphatic rings. The van der Waals surface area contributed by atoms with Crippen LogP contribution < -0.4 is 10.6 Å². The summed E-state index contributed by atoms with van der Waals surface area (Å²) in [5.74, 6) is 0. The Morgan fingerprint density at radius 1 is 1.50 bits per heavy atom. The van der Waals surface area contributed by atoms with Crippen molar-refractivity contribution >= 4 is 6.20 Å². The van der Waals surface area contributed by atoms with E-state index in [2.05, 4.69) is 10.1 Å². The van der Waals surface area contributed by atoms with E-state index >= 15 is 0 Å². The number of rotatable bonds is 0. The first-order valence-corrected chi connectivity index (χ1v) is 2.83. The van der Waals surface area contributed by atoms with Gasteiger partial charge in [-0.25, -0.2) is 0 Å². The number of aromatic nitrogens is 1. The van der Waals surface area contributed by atoms with Gasteiger partial charge in [-0.1, -0.05) is 0 Å². The number of pyridine rings is 1. The summed E-state index contributed by atoms with van der Waals surface area (Å²) in [5, 5.41) is 5.07. The number of hydrogen-bond donors (Lipinski definition) is 0. The normalized spacial score (nSPS) is 13.8. The average molecular weight is 134 g/mol. The Kier molecular flexibility index (Phi) is 0.887. The third-order valence-electron chi connectivity index (χ3n) is 1.29. The lowest BCUT2D eigenvalue weighted by Crippen LogP contribution is -2.20. The van der Waals surface area contributed by atoms with E-state index in [0.29, 0.717) is 10.2 Å². The summed E-state index contributed by atoms with van der Waals surface area (Å²) >= 11 is 0. The van der Waals surface area contributed by atoms with Gasteiger partial charge >= 0.3 is 0 Å². The van der Waals surface area contributed by atoms with Crippen LogP contribution in [0.2, 0.25) is 0 Å². The molecule has 0 atom stereocenters. The zero-order chi connectivity index (χ0) is 6.97. The predicted molar refractivity (Wildman–Crippen MR) is 33.1 cm³/mol. The van der Waals surface area contributed by atoms with Crippen LogP contribution in [0.5, 0.6) is 0 Å². The summed E-state index contributed by atoms with van der Waals surface area (Å²) < 4.78 is 0. The van der Waals surface area contributed by atoms with Crippen molar-refractivity contribution in [1.82, 2.24) is 4.98 Å². The van der Waals surface area contributed by atoms with Gasteiger partial charge in [0.25, 0.3) is 6.20 Å². The van der Waals surface area contributed by atoms with Gasteiger partial charge in [-0.15, -0.1) is 0 Å². The van der Waals surface area contributed by atoms with E-state index in [4.69, 9.17) is 0 Å². The maximum Gasteiger partial charge on any atom is 0.269 e. The topological polar surface area (TPSA) is 45.3 Å². The van der Waals surface area contributed by atoms with Crippen LogP contribution in [0.1, 0.15) is 0 Å². The summed E-state index contributed by atoms with van der Waals surface area (Å²) in [7, 11) is 0. The van der Waals surface area contributed by atoms with Gasteiger partial charge in [-0.3, -0.25) is 4.98 Å². The van der Waals surface area contributed by atoms with E-state index in [1.54, 1.807) is 18.5 Å². The third-order valence-corrected chi connectivity index (χ3v) is 1.29. The largest absolute Gasteiger partial charge is 0.269 e. The fraction of sp³-hybridized carbons (Fsp3) is 0. The Labute approximate surface area is 56.1 Å². The Morgan fingerprint density at radius 3 is 3.20 bits per heavy atom. The van der Waals surface area contributed by atoms with Crippen molar-refractivity contribution in [1.29, 1.82) is 0 Å². The van der Waals surface area contributed by atoms with Gasteiger partial charge in [-0.2, -0.15) is 0 Å². The van der Waals surface area contributed by atoms with Crippen molar-refractivity contribution < 1.29 is 4.87 Å². The van der Waals surface area contributed by atoms with Crippen LogP contribution in [0.15, 0.2) is 23.6 Å². The SMILES string of the molecule is O=[N+]1C=c2ccncc2=N1. The van der Waals surface area contributed by atoms with E-state index < -0.39 is 0 Å². The third kappa shape index (κ3) is 0.621. The minimum Gasteiger partial charge on any atom is -0.262 e. The van der Waals surface area contributed by atoms with Gasteiger partial charge in [0, 0.05) is 6.20 Å². The summed E-state index contributed by atoms with van der Waals surface area (Å²) in [6.45, 7) is 0. The van der Waals surface area contributed by atoms with Crippen molar-refractivity contribution in [3.8, 4) is 0 Å². The number of nitroso groups, excluding NO2 is 1. The van der Waals surface area contributed by atoms with Crippen molar-refractivity contribution in [2.75, 3.05) is 0 Å². The molecule has 2 rings (SSSR count). The molecule has 0 N–H and O–H groups in total. The molecule has 1 aliphatic heterocycles. The monoisotopic (exact) mass is 134 g/mol. The first kappa shape index (κ1) is 5.22. The zero-order valence-corrected chi connectivity index (χ0v) is 5.06. The highest BCUT2D eigenvalue weighted by Gasteiger charge is 2.08. The Hall–Kier alpha value is -1.58. The van der Waals surface area contributed by atoms with Gasteiger partial charge in [0.05, 0.1) is 21.4 Å². The van der Waals surface area contributed by atoms with E-state index in [-0.39, 0.29) is 0 Å². The molecular formula is C6H4N3O+. The van der Waals surface area contributed by atoms with Gasteiger partial charge < -0.3 is 0 Å². The molecule has 4 heteroatoms. The summed E-state index contributed by atoms with van der Waals surface area (Å²) in [6.07, 6.45) is 4.60. The molecule has 4 nitrogen and oxygen atoms in total. The molecule has 0 aliphatic carbocycles. The van der Waals surface area contributed by atoms with E-state index in [1.165, 1.54) is 6.20 Å². The first-order chi connectivity index (χ1) is 4.86. The van der Waals surface area contributed by atoms with Gasteiger partial charge in [-0.05, 0) is 6.07 Å². The van der Waals surface area contributed by atoms with Crippen LogP contribution in [-0.4, -0.2) is 9.85 Å². The van der Waals surface area contributed by atoms with Crippen LogP contribution in [0.25, 0.3) is 6.20 Å². The molecular weight excluding hydrogens is 130 g/mol. The molecule has 48 valence electrons. The van der Waals surface area contributed by atoms with E-state index in [9.17, 15) is 4.91 Å². The lowest BCUT2D eigenvalue weighted by molar-refractivity contribution is -0.449. The van der Waals surface area contributed by atoms with Crippen LogP contribution in [0.4, 0.5) is 0 Å². The summed E-state index contributed by atoms with van der Waals surface area (Å²) in [4.78, 5) is 14.9. The van der Waals surface area contributed by atoms with Gasteiger partial charge in [0.1, 0.15) is 0 Å². The van der Waals surface area contributed by atoms with E-state index in [1.807, 2.05) is 0 Å². The van der Waals surface area contributed by atoms with Crippen molar-refractivity contribution in [3.05, 3.63) is 33.9 Å². The number of hydrogen-bond acceptors (Lipinski definition) is 2. The lowest BCUT2D eigenvalue weighted by atomic mass is 10.4. The van der Waals surface area contributed by atoms with Crippen LogP contribution >= 0.6 is 0 Å². The Balaban J connectivity index is 2.96. The molecule has 10 heavy (non-hydrogen) atoms. The Bertz CT molecular complexity index is 359. The quantitative estimate of drug-likeness (QED) is 0.434. The fourth-order valence-corrected chi connectivity index (χ4v) is 0.844. The fourth-order valence-electron chi connectivity index (χ4n) is 0.844. The molecule has 0 radical (unpaired) electrons. The second-order valence-electron chi connectivity index (χ2n) is 1.97. The molecule has 1 aromatic heterocycles. The van der Waals surface area contributed by atoms with Crippen LogP contribution in [0, 0.1) is 4.91 Å². The molecule has 0 amide bonds. The van der Waals surface area contributed by atoms with Crippen molar-refractivity contribution in [3.63, 3.8) is 0 Å². The average Bonchev–Trinajstić information content (AvgIpc) is 2.27. The number of nitrogens with zero attached hydrogens (tertiary/aromatic N) is 3. The highest BCUT2D eigenvalue weighted by Crippen LogP contribution is 1.78. The minimum absolute atomic E-state index is 0.534. The maximum absolute atomic E-state index is 10.6. The highest BCUT2D eigenvalue weighted by atomic mass is 16.3. The Morgan fingerprint density at radius 2 is 2.40 bits per heavy atom. The molecule has 0 saturated heterocycles. The van der Waals surface area contributed by atoms with Crippen LogP contribution in [0.3, 0.4) is 0 Å². The van der Waals surface area contributed by atoms with Gasteiger partial charge in [0.2, 0.25) is 0 Å². The second-order valence-corrected chi connectivity index (χ2v) is 1.97. The van der Waals surface area contributed by atoms with Crippen molar-refractivity contribution in [2.45, 2.75) is 0 Å². The molecule has 2 heterocycles. The molecule has 0 fully saturated rings. The summed E-state index contributed by atoms with van der Waals surface area (Å²) in [6, 6.07) is 1.75. The molecule has 0 unspecified atom stereocenters. The van der Waals surface area contributed by atoms with Crippen molar-refractivity contribution in [2.24, 2.45) is 5.10 Å². The van der Waals surface area contributed by atoms with Crippen LogP contribution in [-0.2, 0) is 0 Å². The molecule has 0 aromatic carbocycles.